The van der Waals surface area contributed by atoms with E-state index >= 15 is 0 Å². The Morgan fingerprint density at radius 3 is 2.82 bits per heavy atom. The van der Waals surface area contributed by atoms with Crippen molar-refractivity contribution < 1.29 is 5.11 Å². The molecule has 96 valence electrons. The molecule has 0 aliphatic carbocycles. The zero-order chi connectivity index (χ0) is 12.9. The second-order valence-corrected chi connectivity index (χ2v) is 4.53. The monoisotopic (exact) mass is 239 g/mol. The maximum atomic E-state index is 11.3. The Hall–Kier alpha value is -1.36. The Kier molecular flexibility index (Phi) is 4.69. The second kappa shape index (κ2) is 5.82. The van der Waals surface area contributed by atoms with Crippen molar-refractivity contribution in [1.82, 2.24) is 9.97 Å². The molecule has 5 nitrogen and oxygen atoms in total. The van der Waals surface area contributed by atoms with Crippen LogP contribution in [0.2, 0.25) is 0 Å². The highest BCUT2D eigenvalue weighted by atomic mass is 16.3. The summed E-state index contributed by atoms with van der Waals surface area (Å²) in [6, 6.07) is 1.40. The SMILES string of the molecule is CCCC(C)(O)CNc1cc(=O)[nH]c(CC)n1. The molecular formula is C12H21N3O2. The van der Waals surface area contributed by atoms with Crippen LogP contribution in [0.5, 0.6) is 0 Å². The van der Waals surface area contributed by atoms with E-state index in [1.54, 1.807) is 6.92 Å². The van der Waals surface area contributed by atoms with Gasteiger partial charge in [-0.3, -0.25) is 4.79 Å². The molecule has 0 bridgehead atoms. The molecule has 1 aromatic heterocycles. The van der Waals surface area contributed by atoms with Gasteiger partial charge in [0.25, 0.3) is 5.56 Å². The summed E-state index contributed by atoms with van der Waals surface area (Å²) in [6.07, 6.45) is 2.30. The van der Waals surface area contributed by atoms with Crippen LogP contribution < -0.4 is 10.9 Å². The summed E-state index contributed by atoms with van der Waals surface area (Å²) in [5, 5.41) is 13.0. The van der Waals surface area contributed by atoms with Crippen molar-refractivity contribution >= 4 is 5.82 Å². The number of nitrogens with one attached hydrogen (secondary N) is 2. The molecule has 1 rings (SSSR count). The molecule has 5 heteroatoms. The highest BCUT2D eigenvalue weighted by molar-refractivity contribution is 5.33. The van der Waals surface area contributed by atoms with Crippen molar-refractivity contribution in [1.29, 1.82) is 0 Å². The summed E-state index contributed by atoms with van der Waals surface area (Å²) in [4.78, 5) is 18.2. The maximum Gasteiger partial charge on any atom is 0.252 e. The molecule has 0 spiro atoms. The maximum absolute atomic E-state index is 11.3. The minimum atomic E-state index is -0.772. The quantitative estimate of drug-likeness (QED) is 0.699. The number of hydrogen-bond acceptors (Lipinski definition) is 4. The molecule has 3 N–H and O–H groups in total. The summed E-state index contributed by atoms with van der Waals surface area (Å²) in [7, 11) is 0. The van der Waals surface area contributed by atoms with Crippen LogP contribution in [0.25, 0.3) is 0 Å². The summed E-state index contributed by atoms with van der Waals surface area (Å²) in [6.45, 7) is 6.11. The fourth-order valence-electron chi connectivity index (χ4n) is 1.67. The Morgan fingerprint density at radius 2 is 2.24 bits per heavy atom. The molecule has 0 amide bonds. The van der Waals surface area contributed by atoms with Crippen LogP contribution in [0.1, 0.15) is 39.4 Å². The van der Waals surface area contributed by atoms with Gasteiger partial charge < -0.3 is 15.4 Å². The lowest BCUT2D eigenvalue weighted by Crippen LogP contribution is -2.33. The lowest BCUT2D eigenvalue weighted by molar-refractivity contribution is 0.0636. The first-order chi connectivity index (χ1) is 7.96. The molecule has 0 saturated heterocycles. The normalized spacial score (nSPS) is 14.4. The van der Waals surface area contributed by atoms with Gasteiger partial charge >= 0.3 is 0 Å². The summed E-state index contributed by atoms with van der Waals surface area (Å²) < 4.78 is 0. The van der Waals surface area contributed by atoms with Crippen LogP contribution in [0.3, 0.4) is 0 Å². The lowest BCUT2D eigenvalue weighted by atomic mass is 10.0. The van der Waals surface area contributed by atoms with Crippen molar-refractivity contribution in [3.05, 3.63) is 22.2 Å². The molecule has 0 saturated carbocycles. The minimum Gasteiger partial charge on any atom is -0.388 e. The molecular weight excluding hydrogens is 218 g/mol. The molecule has 1 unspecified atom stereocenters. The van der Waals surface area contributed by atoms with E-state index in [0.29, 0.717) is 31.0 Å². The van der Waals surface area contributed by atoms with E-state index in [4.69, 9.17) is 0 Å². The average molecular weight is 239 g/mol. The van der Waals surface area contributed by atoms with E-state index in [0.717, 1.165) is 6.42 Å². The van der Waals surface area contributed by atoms with E-state index in [-0.39, 0.29) is 5.56 Å². The van der Waals surface area contributed by atoms with E-state index in [1.165, 1.54) is 6.07 Å². The summed E-state index contributed by atoms with van der Waals surface area (Å²) >= 11 is 0. The largest absolute Gasteiger partial charge is 0.388 e. The third kappa shape index (κ3) is 4.56. The van der Waals surface area contributed by atoms with E-state index in [1.807, 2.05) is 13.8 Å². The Morgan fingerprint density at radius 1 is 1.53 bits per heavy atom. The van der Waals surface area contributed by atoms with Crippen molar-refractivity contribution in [3.63, 3.8) is 0 Å². The van der Waals surface area contributed by atoms with Gasteiger partial charge in [0.1, 0.15) is 11.6 Å². The number of aliphatic hydroxyl groups is 1. The van der Waals surface area contributed by atoms with Crippen LogP contribution >= 0.6 is 0 Å². The number of aromatic nitrogens is 2. The zero-order valence-corrected chi connectivity index (χ0v) is 10.7. The number of anilines is 1. The molecule has 0 aliphatic rings. The number of aryl methyl sites for hydroxylation is 1. The molecule has 1 heterocycles. The van der Waals surface area contributed by atoms with Gasteiger partial charge in [0, 0.05) is 19.0 Å². The first-order valence-electron chi connectivity index (χ1n) is 6.03. The number of H-pyrrole nitrogens is 1. The van der Waals surface area contributed by atoms with Crippen molar-refractivity contribution in [2.24, 2.45) is 0 Å². The topological polar surface area (TPSA) is 78.0 Å². The number of rotatable bonds is 6. The van der Waals surface area contributed by atoms with Crippen molar-refractivity contribution in [2.75, 3.05) is 11.9 Å². The van der Waals surface area contributed by atoms with Crippen molar-refractivity contribution in [3.8, 4) is 0 Å². The highest BCUT2D eigenvalue weighted by Gasteiger charge is 2.18. The molecule has 1 aromatic rings. The third-order valence-electron chi connectivity index (χ3n) is 2.56. The van der Waals surface area contributed by atoms with Gasteiger partial charge in [-0.15, -0.1) is 0 Å². The first-order valence-corrected chi connectivity index (χ1v) is 6.03. The zero-order valence-electron chi connectivity index (χ0n) is 10.7. The van der Waals surface area contributed by atoms with Gasteiger partial charge in [-0.05, 0) is 13.3 Å². The Bertz CT molecular complexity index is 412. The fourth-order valence-corrected chi connectivity index (χ4v) is 1.67. The highest BCUT2D eigenvalue weighted by Crippen LogP contribution is 2.12. The predicted molar refractivity (Wildman–Crippen MR) is 68.3 cm³/mol. The molecule has 17 heavy (non-hydrogen) atoms. The molecule has 0 aromatic carbocycles. The molecule has 0 fully saturated rings. The van der Waals surface area contributed by atoms with Gasteiger partial charge in [0.05, 0.1) is 5.60 Å². The summed E-state index contributed by atoms with van der Waals surface area (Å²) in [5.41, 5.74) is -0.944. The minimum absolute atomic E-state index is 0.172. The van der Waals surface area contributed by atoms with Crippen LogP contribution in [-0.2, 0) is 6.42 Å². The van der Waals surface area contributed by atoms with Crippen LogP contribution in [-0.4, -0.2) is 27.2 Å². The fraction of sp³-hybridized carbons (Fsp3) is 0.667. The Labute approximate surface area is 101 Å². The van der Waals surface area contributed by atoms with Gasteiger partial charge in [0.15, 0.2) is 0 Å². The summed E-state index contributed by atoms with van der Waals surface area (Å²) in [5.74, 6) is 1.16. The molecule has 0 aliphatic heterocycles. The van der Waals surface area contributed by atoms with E-state index in [9.17, 15) is 9.90 Å². The van der Waals surface area contributed by atoms with Gasteiger partial charge in [-0.1, -0.05) is 20.3 Å². The number of aromatic amines is 1. The van der Waals surface area contributed by atoms with E-state index in [2.05, 4.69) is 15.3 Å². The molecule has 0 radical (unpaired) electrons. The first kappa shape index (κ1) is 13.7. The number of nitrogens with zero attached hydrogens (tertiary/aromatic N) is 1. The average Bonchev–Trinajstić information content (AvgIpc) is 2.26. The third-order valence-corrected chi connectivity index (χ3v) is 2.56. The predicted octanol–water partition coefficient (Wildman–Crippen LogP) is 1.30. The second-order valence-electron chi connectivity index (χ2n) is 4.53. The van der Waals surface area contributed by atoms with Crippen molar-refractivity contribution in [2.45, 2.75) is 45.6 Å². The van der Waals surface area contributed by atoms with Gasteiger partial charge in [-0.25, -0.2) is 4.98 Å². The standard InChI is InChI=1S/C12H21N3O2/c1-4-6-12(3,17)8-13-10-7-11(16)15-9(5-2)14-10/h7,17H,4-6,8H2,1-3H3,(H2,13,14,15,16). The van der Waals surface area contributed by atoms with Gasteiger partial charge in [-0.2, -0.15) is 0 Å². The Balaban J connectivity index is 2.69. The molecule has 1 atom stereocenters. The lowest BCUT2D eigenvalue weighted by Gasteiger charge is -2.23. The van der Waals surface area contributed by atoms with Crippen LogP contribution in [0.15, 0.2) is 10.9 Å². The smallest absolute Gasteiger partial charge is 0.252 e. The van der Waals surface area contributed by atoms with Gasteiger partial charge in [0.2, 0.25) is 0 Å². The van der Waals surface area contributed by atoms with E-state index < -0.39 is 5.60 Å². The number of hydrogen-bond donors (Lipinski definition) is 3. The van der Waals surface area contributed by atoms with Crippen LogP contribution in [0, 0.1) is 0 Å². The van der Waals surface area contributed by atoms with Crippen LogP contribution in [0.4, 0.5) is 5.82 Å².